The summed E-state index contributed by atoms with van der Waals surface area (Å²) in [5.41, 5.74) is 0.993. The lowest BCUT2D eigenvalue weighted by molar-refractivity contribution is -0.132. The molecule has 1 amide bonds. The first-order valence-electron chi connectivity index (χ1n) is 13.5. The van der Waals surface area contributed by atoms with Gasteiger partial charge in [0.25, 0.3) is 6.43 Å². The Morgan fingerprint density at radius 1 is 0.897 bits per heavy atom. The maximum atomic E-state index is 14.1. The van der Waals surface area contributed by atoms with Gasteiger partial charge in [-0.15, -0.1) is 0 Å². The largest absolute Gasteiger partial charge is 0.378 e. The third kappa shape index (κ3) is 5.52. The van der Waals surface area contributed by atoms with Crippen LogP contribution in [0, 0.1) is 0 Å². The van der Waals surface area contributed by atoms with Crippen LogP contribution < -0.4 is 15.1 Å². The number of carbonyl (C=O) groups is 1. The van der Waals surface area contributed by atoms with Gasteiger partial charge in [-0.1, -0.05) is 12.1 Å². The molecule has 13 heteroatoms. The number of benzene rings is 1. The fourth-order valence-electron chi connectivity index (χ4n) is 5.37. The van der Waals surface area contributed by atoms with Crippen LogP contribution in [0.4, 0.5) is 20.4 Å². The predicted molar refractivity (Wildman–Crippen MR) is 143 cm³/mol. The number of hydrogen-bond donors (Lipinski definition) is 1. The minimum atomic E-state index is -2.79. The van der Waals surface area contributed by atoms with Gasteiger partial charge in [0.05, 0.1) is 30.8 Å². The molecule has 3 aliphatic heterocycles. The number of carbonyl (C=O) groups excluding carboxylic acids is 1. The second kappa shape index (κ2) is 11.4. The Labute approximate surface area is 225 Å². The fraction of sp³-hybridized carbons (Fsp3) is 0.538. The van der Waals surface area contributed by atoms with E-state index in [-0.39, 0.29) is 17.7 Å². The lowest BCUT2D eigenvalue weighted by Crippen LogP contribution is -2.53. The van der Waals surface area contributed by atoms with Crippen LogP contribution in [-0.2, 0) is 9.53 Å². The highest BCUT2D eigenvalue weighted by molar-refractivity contribution is 5.79. The average molecular weight is 542 g/mol. The van der Waals surface area contributed by atoms with Crippen molar-refractivity contribution in [1.29, 1.82) is 0 Å². The third-order valence-electron chi connectivity index (χ3n) is 7.53. The van der Waals surface area contributed by atoms with E-state index in [1.165, 1.54) is 4.57 Å². The molecule has 208 valence electrons. The van der Waals surface area contributed by atoms with Crippen molar-refractivity contribution >= 4 is 28.6 Å². The Hall–Kier alpha value is -3.42. The van der Waals surface area contributed by atoms with Crippen molar-refractivity contribution in [3.63, 3.8) is 0 Å². The monoisotopic (exact) mass is 541 g/mol. The molecule has 11 nitrogen and oxygen atoms in total. The molecule has 0 unspecified atom stereocenters. The first-order valence-corrected chi connectivity index (χ1v) is 13.5. The van der Waals surface area contributed by atoms with Crippen LogP contribution in [0.25, 0.3) is 17.0 Å². The van der Waals surface area contributed by atoms with Crippen LogP contribution in [0.2, 0.25) is 0 Å². The summed E-state index contributed by atoms with van der Waals surface area (Å²) >= 11 is 0. The van der Waals surface area contributed by atoms with Gasteiger partial charge in [0, 0.05) is 71.5 Å². The van der Waals surface area contributed by atoms with Gasteiger partial charge in [-0.3, -0.25) is 14.3 Å². The van der Waals surface area contributed by atoms with Crippen LogP contribution in [0.5, 0.6) is 0 Å². The van der Waals surface area contributed by atoms with Crippen molar-refractivity contribution in [3.05, 3.63) is 36.2 Å². The van der Waals surface area contributed by atoms with Gasteiger partial charge in [0.2, 0.25) is 11.9 Å². The number of hydrogen-bond acceptors (Lipinski definition) is 9. The Morgan fingerprint density at radius 2 is 1.56 bits per heavy atom. The summed E-state index contributed by atoms with van der Waals surface area (Å²) in [6.07, 6.45) is -2.79. The van der Waals surface area contributed by atoms with Crippen LogP contribution in [0.1, 0.15) is 12.2 Å². The van der Waals surface area contributed by atoms with Crippen LogP contribution in [0.3, 0.4) is 0 Å². The van der Waals surface area contributed by atoms with Crippen LogP contribution in [0.15, 0.2) is 30.3 Å². The molecule has 0 radical (unpaired) electrons. The zero-order chi connectivity index (χ0) is 26.8. The van der Waals surface area contributed by atoms with E-state index in [0.29, 0.717) is 81.7 Å². The van der Waals surface area contributed by atoms with Gasteiger partial charge in [-0.2, -0.15) is 9.97 Å². The number of piperazine rings is 2. The van der Waals surface area contributed by atoms with E-state index in [1.807, 2.05) is 11.0 Å². The number of amides is 1. The normalized spacial score (nSPS) is 19.3. The number of imidazole rings is 1. The summed E-state index contributed by atoms with van der Waals surface area (Å²) in [7, 11) is 0. The van der Waals surface area contributed by atoms with Crippen molar-refractivity contribution < 1.29 is 18.3 Å². The molecule has 1 N–H and O–H groups in total. The Bertz CT molecular complexity index is 1300. The molecule has 0 saturated carbocycles. The fourth-order valence-corrected chi connectivity index (χ4v) is 5.37. The van der Waals surface area contributed by atoms with E-state index in [0.717, 1.165) is 26.2 Å². The zero-order valence-electron chi connectivity index (χ0n) is 21.8. The molecule has 0 atom stereocenters. The Kier molecular flexibility index (Phi) is 7.53. The molecular weight excluding hydrogens is 508 g/mol. The lowest BCUT2D eigenvalue weighted by Gasteiger charge is -2.37. The van der Waals surface area contributed by atoms with Crippen molar-refractivity contribution in [2.24, 2.45) is 0 Å². The molecule has 3 aromatic rings. The number of alkyl halides is 2. The number of morpholine rings is 1. The highest BCUT2D eigenvalue weighted by atomic mass is 19.3. The molecule has 0 aliphatic carbocycles. The summed E-state index contributed by atoms with van der Waals surface area (Å²) in [5.74, 6) is 1.22. The smallest absolute Gasteiger partial charge is 0.296 e. The number of halogens is 2. The van der Waals surface area contributed by atoms with Crippen LogP contribution in [-0.4, -0.2) is 120 Å². The van der Waals surface area contributed by atoms with Gasteiger partial charge < -0.3 is 24.8 Å². The number of nitrogens with zero attached hydrogens (tertiary/aromatic N) is 8. The molecule has 0 spiro atoms. The van der Waals surface area contributed by atoms with Crippen molar-refractivity contribution in [2.45, 2.75) is 6.43 Å². The first kappa shape index (κ1) is 25.8. The molecule has 3 fully saturated rings. The first-order chi connectivity index (χ1) is 19.1. The number of rotatable bonds is 6. The number of anilines is 2. The zero-order valence-corrected chi connectivity index (χ0v) is 21.8. The molecule has 6 rings (SSSR count). The van der Waals surface area contributed by atoms with E-state index in [9.17, 15) is 13.6 Å². The Morgan fingerprint density at radius 3 is 2.26 bits per heavy atom. The molecular formula is C26H33F2N9O2. The number of aromatic nitrogens is 4. The second-order valence-corrected chi connectivity index (χ2v) is 9.97. The van der Waals surface area contributed by atoms with Crippen molar-refractivity contribution in [3.8, 4) is 5.95 Å². The molecule has 39 heavy (non-hydrogen) atoms. The Balaban J connectivity index is 1.28. The molecule has 2 aromatic heterocycles. The molecule has 5 heterocycles. The van der Waals surface area contributed by atoms with Gasteiger partial charge in [-0.05, 0) is 12.1 Å². The molecule has 3 saturated heterocycles. The summed E-state index contributed by atoms with van der Waals surface area (Å²) in [6.45, 7) is 8.78. The summed E-state index contributed by atoms with van der Waals surface area (Å²) in [6, 6.07) is 8.93. The number of fused-ring (bicyclic) bond motifs is 1. The number of ether oxygens (including phenoxy) is 1. The van der Waals surface area contributed by atoms with Gasteiger partial charge in [0.15, 0.2) is 5.82 Å². The van der Waals surface area contributed by atoms with E-state index < -0.39 is 6.43 Å². The second-order valence-electron chi connectivity index (χ2n) is 9.97. The summed E-state index contributed by atoms with van der Waals surface area (Å²) in [4.78, 5) is 34.9. The number of para-hydroxylation sites is 2. The van der Waals surface area contributed by atoms with Crippen LogP contribution >= 0.6 is 0 Å². The molecule has 0 bridgehead atoms. The highest BCUT2D eigenvalue weighted by Crippen LogP contribution is 2.29. The SMILES string of the molecule is O=C(CN1CCNCC1)N1CCN(c2cc(N3CCOCC3)nc(-n3c(C(F)F)nc4ccccc43)n2)CC1. The summed E-state index contributed by atoms with van der Waals surface area (Å²) in [5, 5.41) is 3.31. The standard InChI is InChI=1S/C26H33F2N9O2/c27-24(28)25-30-19-3-1-2-4-20(19)37(25)26-31-21(17-22(32-26)35-13-15-39-16-14-35)34-9-11-36(12-10-34)23(38)18-33-7-5-29-6-8-33/h1-4,17,24,29H,5-16,18H2. The molecule has 1 aromatic carbocycles. The quantitative estimate of drug-likeness (QED) is 0.493. The van der Waals surface area contributed by atoms with E-state index in [4.69, 9.17) is 14.7 Å². The van der Waals surface area contributed by atoms with E-state index in [1.54, 1.807) is 24.3 Å². The highest BCUT2D eigenvalue weighted by Gasteiger charge is 2.27. The lowest BCUT2D eigenvalue weighted by atomic mass is 10.2. The van der Waals surface area contributed by atoms with Crippen molar-refractivity contribution in [2.75, 3.05) is 95.0 Å². The maximum absolute atomic E-state index is 14.1. The maximum Gasteiger partial charge on any atom is 0.296 e. The predicted octanol–water partition coefficient (Wildman–Crippen LogP) is 1.14. The van der Waals surface area contributed by atoms with Crippen molar-refractivity contribution in [1.82, 2.24) is 34.6 Å². The van der Waals surface area contributed by atoms with Gasteiger partial charge in [-0.25, -0.2) is 13.8 Å². The minimum Gasteiger partial charge on any atom is -0.378 e. The van der Waals surface area contributed by atoms with E-state index >= 15 is 0 Å². The minimum absolute atomic E-state index is 0.139. The summed E-state index contributed by atoms with van der Waals surface area (Å²) < 4.78 is 35.1. The third-order valence-corrected chi connectivity index (χ3v) is 7.53. The molecule has 3 aliphatic rings. The topological polar surface area (TPSA) is 94.9 Å². The average Bonchev–Trinajstić information content (AvgIpc) is 3.38. The van der Waals surface area contributed by atoms with Gasteiger partial charge in [0.1, 0.15) is 11.6 Å². The number of nitrogens with one attached hydrogen (secondary N) is 1. The van der Waals surface area contributed by atoms with E-state index in [2.05, 4.69) is 25.0 Å². The van der Waals surface area contributed by atoms with Gasteiger partial charge >= 0.3 is 0 Å².